The van der Waals surface area contributed by atoms with Crippen molar-refractivity contribution >= 4 is 21.8 Å². The van der Waals surface area contributed by atoms with Crippen LogP contribution in [0.4, 0.5) is 0 Å². The molecule has 8 heteroatoms. The summed E-state index contributed by atoms with van der Waals surface area (Å²) in [6, 6.07) is 13.4. The van der Waals surface area contributed by atoms with E-state index < -0.39 is 16.1 Å². The summed E-state index contributed by atoms with van der Waals surface area (Å²) in [7, 11) is -3.76. The largest absolute Gasteiger partial charge is 0.348 e. The summed E-state index contributed by atoms with van der Waals surface area (Å²) in [6.07, 6.45) is 0. The topological polar surface area (TPSA) is 118 Å². The molecule has 2 aromatic carbocycles. The quantitative estimate of drug-likeness (QED) is 0.706. The zero-order valence-corrected chi connectivity index (χ0v) is 15.3. The number of nitrogens with two attached hydrogens (primary N) is 1. The van der Waals surface area contributed by atoms with Crippen molar-refractivity contribution in [3.8, 4) is 0 Å². The maximum absolute atomic E-state index is 12.3. The second-order valence-corrected chi connectivity index (χ2v) is 7.47. The van der Waals surface area contributed by atoms with Crippen LogP contribution in [0.25, 0.3) is 0 Å². The average Bonchev–Trinajstić information content (AvgIpc) is 2.61. The fraction of sp³-hybridized carbons (Fsp3) is 0.222. The van der Waals surface area contributed by atoms with Crippen LogP contribution in [0.15, 0.2) is 59.5 Å². The highest BCUT2D eigenvalue weighted by Gasteiger charge is 2.19. The Balaban J connectivity index is 1.96. The van der Waals surface area contributed by atoms with Crippen molar-refractivity contribution in [3.63, 3.8) is 0 Å². The number of carbonyl (C=O) groups is 2. The number of hydrogen-bond donors (Lipinski definition) is 3. The molecular weight excluding hydrogens is 354 g/mol. The van der Waals surface area contributed by atoms with Crippen LogP contribution in [0.2, 0.25) is 0 Å². The van der Waals surface area contributed by atoms with Gasteiger partial charge in [0.1, 0.15) is 6.04 Å². The van der Waals surface area contributed by atoms with Crippen molar-refractivity contribution < 1.29 is 18.0 Å². The van der Waals surface area contributed by atoms with E-state index in [1.807, 2.05) is 0 Å². The van der Waals surface area contributed by atoms with Gasteiger partial charge in [0, 0.05) is 5.56 Å². The van der Waals surface area contributed by atoms with Gasteiger partial charge in [0.15, 0.2) is 0 Å². The molecule has 0 radical (unpaired) electrons. The molecule has 7 nitrogen and oxygen atoms in total. The van der Waals surface area contributed by atoms with Crippen LogP contribution in [-0.2, 0) is 14.8 Å². The molecule has 0 bridgehead atoms. The Hall–Kier alpha value is -2.71. The van der Waals surface area contributed by atoms with E-state index in [0.29, 0.717) is 11.1 Å². The van der Waals surface area contributed by atoms with Gasteiger partial charge in [0.05, 0.1) is 10.9 Å². The second-order valence-electron chi connectivity index (χ2n) is 5.91. The molecule has 0 aromatic heterocycles. The average molecular weight is 375 g/mol. The van der Waals surface area contributed by atoms with Crippen LogP contribution in [0.1, 0.15) is 35.8 Å². The predicted octanol–water partition coefficient (Wildman–Crippen LogP) is 1.33. The number of sulfonamides is 1. The number of amides is 2. The molecular formula is C18H21N3O4S. The van der Waals surface area contributed by atoms with Crippen LogP contribution in [0, 0.1) is 0 Å². The van der Waals surface area contributed by atoms with Gasteiger partial charge in [-0.15, -0.1) is 0 Å². The van der Waals surface area contributed by atoms with Gasteiger partial charge in [-0.1, -0.05) is 30.3 Å². The molecule has 2 amide bonds. The number of nitrogens with one attached hydrogen (secondary N) is 2. The summed E-state index contributed by atoms with van der Waals surface area (Å²) in [5, 5.41) is 10.5. The van der Waals surface area contributed by atoms with E-state index in [9.17, 15) is 18.0 Å². The number of rotatable bonds is 6. The number of benzene rings is 2. The third kappa shape index (κ3) is 5.14. The Morgan fingerprint density at radius 3 is 2.04 bits per heavy atom. The van der Waals surface area contributed by atoms with E-state index >= 15 is 0 Å². The van der Waals surface area contributed by atoms with Gasteiger partial charge in [-0.3, -0.25) is 9.59 Å². The molecule has 2 atom stereocenters. The fourth-order valence-corrected chi connectivity index (χ4v) is 2.82. The Labute approximate surface area is 152 Å². The normalized spacial score (nSPS) is 13.5. The first-order valence-corrected chi connectivity index (χ1v) is 9.52. The fourth-order valence-electron chi connectivity index (χ4n) is 2.30. The van der Waals surface area contributed by atoms with Crippen LogP contribution in [-0.4, -0.2) is 26.3 Å². The van der Waals surface area contributed by atoms with Crippen molar-refractivity contribution in [2.24, 2.45) is 5.14 Å². The van der Waals surface area contributed by atoms with Gasteiger partial charge in [-0.25, -0.2) is 13.6 Å². The molecule has 4 N–H and O–H groups in total. The zero-order valence-electron chi connectivity index (χ0n) is 14.5. The maximum Gasteiger partial charge on any atom is 0.251 e. The van der Waals surface area contributed by atoms with Gasteiger partial charge in [-0.05, 0) is 43.7 Å². The van der Waals surface area contributed by atoms with Crippen molar-refractivity contribution in [3.05, 3.63) is 65.7 Å². The Morgan fingerprint density at radius 2 is 1.50 bits per heavy atom. The van der Waals surface area contributed by atoms with E-state index in [4.69, 9.17) is 5.14 Å². The molecule has 0 heterocycles. The molecule has 0 fully saturated rings. The van der Waals surface area contributed by atoms with E-state index in [2.05, 4.69) is 10.6 Å². The summed E-state index contributed by atoms with van der Waals surface area (Å²) in [5.74, 6) is -0.685. The molecule has 2 rings (SSSR count). The van der Waals surface area contributed by atoms with Crippen LogP contribution < -0.4 is 15.8 Å². The molecule has 0 aliphatic heterocycles. The first kappa shape index (κ1) is 19.6. The summed E-state index contributed by atoms with van der Waals surface area (Å²) in [5.41, 5.74) is 1.19. The molecule has 0 spiro atoms. The molecule has 2 aromatic rings. The Kier molecular flexibility index (Phi) is 6.12. The van der Waals surface area contributed by atoms with Gasteiger partial charge < -0.3 is 10.6 Å². The lowest BCUT2D eigenvalue weighted by molar-refractivity contribution is -0.123. The highest BCUT2D eigenvalue weighted by Crippen LogP contribution is 2.15. The van der Waals surface area contributed by atoms with E-state index in [1.54, 1.807) is 56.3 Å². The number of hydrogen-bond acceptors (Lipinski definition) is 4. The van der Waals surface area contributed by atoms with E-state index in [1.165, 1.54) is 12.1 Å². The minimum atomic E-state index is -3.76. The molecule has 138 valence electrons. The molecule has 0 aliphatic rings. The summed E-state index contributed by atoms with van der Waals surface area (Å²) in [6.45, 7) is 3.35. The highest BCUT2D eigenvalue weighted by molar-refractivity contribution is 7.89. The molecule has 0 saturated carbocycles. The summed E-state index contributed by atoms with van der Waals surface area (Å²) in [4.78, 5) is 24.4. The lowest BCUT2D eigenvalue weighted by Crippen LogP contribution is -2.45. The minimum Gasteiger partial charge on any atom is -0.348 e. The molecule has 2 unspecified atom stereocenters. The Bertz CT molecular complexity index is 880. The van der Waals surface area contributed by atoms with Crippen molar-refractivity contribution in [2.75, 3.05) is 0 Å². The van der Waals surface area contributed by atoms with Gasteiger partial charge in [0.25, 0.3) is 5.91 Å². The highest BCUT2D eigenvalue weighted by atomic mass is 32.2. The lowest BCUT2D eigenvalue weighted by atomic mass is 10.1. The summed E-state index contributed by atoms with van der Waals surface area (Å²) < 4.78 is 22.5. The van der Waals surface area contributed by atoms with Crippen LogP contribution in [0.5, 0.6) is 0 Å². The van der Waals surface area contributed by atoms with Gasteiger partial charge >= 0.3 is 0 Å². The third-order valence-corrected chi connectivity index (χ3v) is 4.77. The predicted molar refractivity (Wildman–Crippen MR) is 97.7 cm³/mol. The standard InChI is InChI=1S/C18H21N3O4S/c1-12(14-8-10-16(11-9-14)26(19,24)25)20-17(22)13(2)21-18(23)15-6-4-3-5-7-15/h3-13H,1-2H3,(H,20,22)(H,21,23)(H2,19,24,25). The van der Waals surface area contributed by atoms with Gasteiger partial charge in [-0.2, -0.15) is 0 Å². The van der Waals surface area contributed by atoms with Crippen molar-refractivity contribution in [2.45, 2.75) is 30.8 Å². The Morgan fingerprint density at radius 1 is 0.923 bits per heavy atom. The second kappa shape index (κ2) is 8.11. The first-order chi connectivity index (χ1) is 12.2. The van der Waals surface area contributed by atoms with Crippen molar-refractivity contribution in [1.82, 2.24) is 10.6 Å². The van der Waals surface area contributed by atoms with E-state index in [0.717, 1.165) is 0 Å². The monoisotopic (exact) mass is 375 g/mol. The van der Waals surface area contributed by atoms with Gasteiger partial charge in [0.2, 0.25) is 15.9 Å². The molecule has 0 aliphatic carbocycles. The maximum atomic E-state index is 12.3. The number of primary sulfonamides is 1. The van der Waals surface area contributed by atoms with Crippen molar-refractivity contribution in [1.29, 1.82) is 0 Å². The first-order valence-electron chi connectivity index (χ1n) is 7.97. The minimum absolute atomic E-state index is 0.00303. The van der Waals surface area contributed by atoms with E-state index in [-0.39, 0.29) is 22.8 Å². The lowest BCUT2D eigenvalue weighted by Gasteiger charge is -2.19. The van der Waals surface area contributed by atoms with Crippen LogP contribution >= 0.6 is 0 Å². The zero-order chi connectivity index (χ0) is 19.3. The molecule has 26 heavy (non-hydrogen) atoms. The molecule has 0 saturated heterocycles. The number of carbonyl (C=O) groups excluding carboxylic acids is 2. The SMILES string of the molecule is CC(NC(=O)c1ccccc1)C(=O)NC(C)c1ccc(S(N)(=O)=O)cc1. The third-order valence-electron chi connectivity index (χ3n) is 3.84. The van der Waals surface area contributed by atoms with Crippen LogP contribution in [0.3, 0.4) is 0 Å². The smallest absolute Gasteiger partial charge is 0.251 e. The summed E-state index contributed by atoms with van der Waals surface area (Å²) >= 11 is 0.